The number of nitrogens with zero attached hydrogens (tertiary/aromatic N) is 1. The van der Waals surface area contributed by atoms with Gasteiger partial charge in [-0.1, -0.05) is 78.9 Å². The van der Waals surface area contributed by atoms with Crippen LogP contribution in [0.4, 0.5) is 4.79 Å². The molecule has 4 rings (SSSR count). The van der Waals surface area contributed by atoms with E-state index in [1.165, 1.54) is 0 Å². The first-order valence-corrected chi connectivity index (χ1v) is 11.9. The lowest BCUT2D eigenvalue weighted by atomic mass is 9.98. The van der Waals surface area contributed by atoms with Crippen molar-refractivity contribution in [2.24, 2.45) is 0 Å². The van der Waals surface area contributed by atoms with Gasteiger partial charge < -0.3 is 15.2 Å². The smallest absolute Gasteiger partial charge is 0.407 e. The average Bonchev–Trinajstić information content (AvgIpc) is 3.21. The number of hydrogen-bond acceptors (Lipinski definition) is 6. The molecule has 9 heteroatoms. The number of hydrogen-bond donors (Lipinski definition) is 3. The van der Waals surface area contributed by atoms with Crippen LogP contribution in [-0.4, -0.2) is 60.8 Å². The third-order valence-electron chi connectivity index (χ3n) is 6.11. The Bertz CT molecular complexity index is 1200. The molecule has 1 aliphatic rings. The van der Waals surface area contributed by atoms with Crippen molar-refractivity contribution in [1.29, 1.82) is 0 Å². The SMILES string of the molecule is CN(Cc1ccccc1)CC(NC(=O)OCC1c2ccccc2-c2ccccc21)C(=O)NOCC(=O)O. The van der Waals surface area contributed by atoms with Crippen LogP contribution in [-0.2, 0) is 25.7 Å². The van der Waals surface area contributed by atoms with Crippen molar-refractivity contribution in [1.82, 2.24) is 15.7 Å². The Labute approximate surface area is 215 Å². The second-order valence-corrected chi connectivity index (χ2v) is 8.85. The second-order valence-electron chi connectivity index (χ2n) is 8.85. The summed E-state index contributed by atoms with van der Waals surface area (Å²) in [4.78, 5) is 42.8. The quantitative estimate of drug-likeness (QED) is 0.344. The Morgan fingerprint density at radius 2 is 1.51 bits per heavy atom. The Balaban J connectivity index is 1.40. The highest BCUT2D eigenvalue weighted by atomic mass is 16.7. The summed E-state index contributed by atoms with van der Waals surface area (Å²) in [5, 5.41) is 11.4. The van der Waals surface area contributed by atoms with Crippen LogP contribution in [0, 0.1) is 0 Å². The zero-order valence-electron chi connectivity index (χ0n) is 20.4. The molecular formula is C28H29N3O6. The Kier molecular flexibility index (Phi) is 8.50. The molecule has 0 saturated heterocycles. The molecule has 192 valence electrons. The van der Waals surface area contributed by atoms with Crippen molar-refractivity contribution in [2.75, 3.05) is 26.8 Å². The predicted octanol–water partition coefficient (Wildman–Crippen LogP) is 3.16. The number of rotatable bonds is 11. The number of ether oxygens (including phenoxy) is 1. The summed E-state index contributed by atoms with van der Waals surface area (Å²) in [6, 6.07) is 24.6. The summed E-state index contributed by atoms with van der Waals surface area (Å²) in [6.07, 6.45) is -0.756. The van der Waals surface area contributed by atoms with Gasteiger partial charge in [0.05, 0.1) is 0 Å². The van der Waals surface area contributed by atoms with E-state index >= 15 is 0 Å². The molecule has 3 N–H and O–H groups in total. The van der Waals surface area contributed by atoms with E-state index in [0.29, 0.717) is 6.54 Å². The van der Waals surface area contributed by atoms with Gasteiger partial charge in [-0.2, -0.15) is 0 Å². The molecule has 1 aliphatic carbocycles. The zero-order valence-corrected chi connectivity index (χ0v) is 20.4. The molecular weight excluding hydrogens is 474 g/mol. The van der Waals surface area contributed by atoms with Gasteiger partial charge in [0, 0.05) is 19.0 Å². The summed E-state index contributed by atoms with van der Waals surface area (Å²) in [7, 11) is 1.81. The maximum atomic E-state index is 12.8. The molecule has 1 unspecified atom stereocenters. The summed E-state index contributed by atoms with van der Waals surface area (Å²) in [5.41, 5.74) is 7.51. The summed E-state index contributed by atoms with van der Waals surface area (Å²) >= 11 is 0. The number of aliphatic carboxylic acids is 1. The van der Waals surface area contributed by atoms with E-state index in [0.717, 1.165) is 27.8 Å². The van der Waals surface area contributed by atoms with Crippen molar-refractivity contribution in [3.63, 3.8) is 0 Å². The van der Waals surface area contributed by atoms with Crippen LogP contribution in [0.15, 0.2) is 78.9 Å². The fraction of sp³-hybridized carbons (Fsp3) is 0.250. The Hall–Kier alpha value is -4.21. The van der Waals surface area contributed by atoms with Gasteiger partial charge >= 0.3 is 12.1 Å². The number of likely N-dealkylation sites (N-methyl/N-ethyl adjacent to an activating group) is 1. The molecule has 37 heavy (non-hydrogen) atoms. The number of benzene rings is 3. The highest BCUT2D eigenvalue weighted by molar-refractivity contribution is 5.85. The topological polar surface area (TPSA) is 117 Å². The number of carbonyl (C=O) groups excluding carboxylic acids is 2. The Morgan fingerprint density at radius 3 is 2.14 bits per heavy atom. The van der Waals surface area contributed by atoms with Gasteiger partial charge in [-0.3, -0.25) is 14.5 Å². The lowest BCUT2D eigenvalue weighted by Crippen LogP contribution is -2.52. The van der Waals surface area contributed by atoms with Gasteiger partial charge in [0.1, 0.15) is 12.6 Å². The minimum atomic E-state index is -1.23. The first kappa shape index (κ1) is 25.9. The Morgan fingerprint density at radius 1 is 0.919 bits per heavy atom. The van der Waals surface area contributed by atoms with Crippen LogP contribution < -0.4 is 10.8 Å². The molecule has 2 amide bonds. The number of carboxylic acid groups (broad SMARTS) is 1. The number of alkyl carbamates (subject to hydrolysis) is 1. The highest BCUT2D eigenvalue weighted by Gasteiger charge is 2.30. The van der Waals surface area contributed by atoms with Gasteiger partial charge in [0.2, 0.25) is 0 Å². The molecule has 0 aliphatic heterocycles. The summed E-state index contributed by atoms with van der Waals surface area (Å²) in [5.74, 6) is -2.04. The minimum Gasteiger partial charge on any atom is -0.479 e. The van der Waals surface area contributed by atoms with E-state index in [-0.39, 0.29) is 19.1 Å². The van der Waals surface area contributed by atoms with Crippen molar-refractivity contribution in [3.05, 3.63) is 95.6 Å². The number of nitrogens with one attached hydrogen (secondary N) is 2. The van der Waals surface area contributed by atoms with E-state index in [4.69, 9.17) is 14.7 Å². The van der Waals surface area contributed by atoms with E-state index in [9.17, 15) is 14.4 Å². The van der Waals surface area contributed by atoms with Crippen molar-refractivity contribution >= 4 is 18.0 Å². The van der Waals surface area contributed by atoms with Crippen LogP contribution in [0.1, 0.15) is 22.6 Å². The maximum absolute atomic E-state index is 12.8. The third-order valence-corrected chi connectivity index (χ3v) is 6.11. The first-order chi connectivity index (χ1) is 17.9. The van der Waals surface area contributed by atoms with E-state index < -0.39 is 30.6 Å². The molecule has 0 radical (unpaired) electrons. The van der Waals surface area contributed by atoms with Gasteiger partial charge in [-0.15, -0.1) is 0 Å². The summed E-state index contributed by atoms with van der Waals surface area (Å²) < 4.78 is 5.58. The van der Waals surface area contributed by atoms with Gasteiger partial charge in [0.25, 0.3) is 5.91 Å². The van der Waals surface area contributed by atoms with E-state index in [1.54, 1.807) is 0 Å². The molecule has 0 bridgehead atoms. The number of amides is 2. The molecule has 0 fully saturated rings. The molecule has 1 atom stereocenters. The van der Waals surface area contributed by atoms with Crippen LogP contribution >= 0.6 is 0 Å². The second kappa shape index (κ2) is 12.2. The number of hydroxylamine groups is 1. The predicted molar refractivity (Wildman–Crippen MR) is 136 cm³/mol. The summed E-state index contributed by atoms with van der Waals surface area (Å²) in [6.45, 7) is 0.0706. The number of fused-ring (bicyclic) bond motifs is 3. The average molecular weight is 504 g/mol. The molecule has 0 aromatic heterocycles. The minimum absolute atomic E-state index is 0.101. The van der Waals surface area contributed by atoms with Crippen LogP contribution in [0.5, 0.6) is 0 Å². The molecule has 0 heterocycles. The third kappa shape index (κ3) is 6.72. The molecule has 3 aromatic rings. The zero-order chi connectivity index (χ0) is 26.2. The first-order valence-electron chi connectivity index (χ1n) is 11.9. The maximum Gasteiger partial charge on any atom is 0.407 e. The highest BCUT2D eigenvalue weighted by Crippen LogP contribution is 2.44. The van der Waals surface area contributed by atoms with Gasteiger partial charge in [-0.05, 0) is 34.9 Å². The van der Waals surface area contributed by atoms with E-state index in [1.807, 2.05) is 90.8 Å². The number of carbonyl (C=O) groups is 3. The molecule has 0 saturated carbocycles. The monoisotopic (exact) mass is 503 g/mol. The lowest BCUT2D eigenvalue weighted by Gasteiger charge is -2.24. The fourth-order valence-corrected chi connectivity index (χ4v) is 4.49. The van der Waals surface area contributed by atoms with Gasteiger partial charge in [0.15, 0.2) is 6.61 Å². The normalized spacial score (nSPS) is 12.9. The number of carboxylic acids is 1. The lowest BCUT2D eigenvalue weighted by molar-refractivity contribution is -0.150. The fourth-order valence-electron chi connectivity index (χ4n) is 4.49. The van der Waals surface area contributed by atoms with Gasteiger partial charge in [-0.25, -0.2) is 15.1 Å². The molecule has 3 aromatic carbocycles. The van der Waals surface area contributed by atoms with Crippen LogP contribution in [0.25, 0.3) is 11.1 Å². The standard InChI is InChI=1S/C28H29N3O6/c1-31(15-19-9-3-2-4-10-19)16-25(27(34)30-37-18-26(32)33)29-28(35)36-17-24-22-13-7-5-11-20(22)21-12-6-8-14-23(21)24/h2-14,24-25H,15-18H2,1H3,(H,29,35)(H,30,34)(H,32,33). The van der Waals surface area contributed by atoms with Crippen LogP contribution in [0.3, 0.4) is 0 Å². The van der Waals surface area contributed by atoms with Crippen molar-refractivity contribution in [3.8, 4) is 11.1 Å². The molecule has 0 spiro atoms. The largest absolute Gasteiger partial charge is 0.479 e. The van der Waals surface area contributed by atoms with Crippen molar-refractivity contribution in [2.45, 2.75) is 18.5 Å². The van der Waals surface area contributed by atoms with Crippen molar-refractivity contribution < 1.29 is 29.1 Å². The molecule has 9 nitrogen and oxygen atoms in total. The van der Waals surface area contributed by atoms with Crippen LogP contribution in [0.2, 0.25) is 0 Å². The van der Waals surface area contributed by atoms with E-state index in [2.05, 4.69) is 10.8 Å².